The van der Waals surface area contributed by atoms with Crippen LogP contribution in [0, 0.1) is 0 Å². The van der Waals surface area contributed by atoms with Crippen molar-refractivity contribution in [3.8, 4) is 44.5 Å². The summed E-state index contributed by atoms with van der Waals surface area (Å²) >= 11 is 0. The minimum absolute atomic E-state index is 0.131. The molecule has 0 unspecified atom stereocenters. The molecule has 1 heteroatoms. The quantitative estimate of drug-likeness (QED) is 0.170. The molecule has 0 amide bonds. The molecular formula is C56H43N. The third-order valence-corrected chi connectivity index (χ3v) is 13.8. The second-order valence-electron chi connectivity index (χ2n) is 16.9. The van der Waals surface area contributed by atoms with Crippen LogP contribution in [-0.2, 0) is 10.8 Å². The van der Waals surface area contributed by atoms with Crippen molar-refractivity contribution in [2.24, 2.45) is 0 Å². The zero-order valence-electron chi connectivity index (χ0n) is 33.4. The summed E-state index contributed by atoms with van der Waals surface area (Å²) in [6, 6.07) is 68.2. The van der Waals surface area contributed by atoms with E-state index >= 15 is 0 Å². The third-order valence-electron chi connectivity index (χ3n) is 13.8. The van der Waals surface area contributed by atoms with E-state index in [-0.39, 0.29) is 5.41 Å². The molecule has 1 fully saturated rings. The molecule has 0 atom stereocenters. The zero-order chi connectivity index (χ0) is 38.8. The van der Waals surface area contributed by atoms with Crippen LogP contribution in [0.25, 0.3) is 44.5 Å². The fraction of sp³-hybridized carbons (Fsp3) is 0.143. The maximum Gasteiger partial charge on any atom is 0.0726 e. The highest BCUT2D eigenvalue weighted by Crippen LogP contribution is 2.63. The summed E-state index contributed by atoms with van der Waals surface area (Å²) in [6.07, 6.45) is 3.04. The first-order valence-corrected chi connectivity index (χ1v) is 20.6. The van der Waals surface area contributed by atoms with Crippen molar-refractivity contribution in [3.63, 3.8) is 0 Å². The second-order valence-corrected chi connectivity index (χ2v) is 16.9. The van der Waals surface area contributed by atoms with Crippen LogP contribution in [0.15, 0.2) is 182 Å². The topological polar surface area (TPSA) is 3.24 Å². The zero-order valence-corrected chi connectivity index (χ0v) is 32.4. The monoisotopic (exact) mass is 730 g/mol. The van der Waals surface area contributed by atoms with Gasteiger partial charge in [-0.2, -0.15) is 0 Å². The molecule has 4 aliphatic rings. The Labute approximate surface area is 337 Å². The highest BCUT2D eigenvalue weighted by molar-refractivity contribution is 5.96. The van der Waals surface area contributed by atoms with Gasteiger partial charge >= 0.3 is 0 Å². The Kier molecular flexibility index (Phi) is 6.70. The van der Waals surface area contributed by atoms with Gasteiger partial charge in [0.25, 0.3) is 0 Å². The lowest BCUT2D eigenvalue weighted by atomic mass is 9.70. The molecule has 57 heavy (non-hydrogen) atoms. The Bertz CT molecular complexity index is 2920. The number of nitrogens with zero attached hydrogens (tertiary/aromatic N) is 1. The first-order chi connectivity index (χ1) is 28.4. The molecule has 12 rings (SSSR count). The average Bonchev–Trinajstić information content (AvgIpc) is 3.81. The van der Waals surface area contributed by atoms with Crippen molar-refractivity contribution in [1.82, 2.24) is 0 Å². The van der Waals surface area contributed by atoms with E-state index in [0.717, 1.165) is 41.9 Å². The van der Waals surface area contributed by atoms with Gasteiger partial charge in [-0.3, -0.25) is 0 Å². The molecule has 0 aromatic heterocycles. The van der Waals surface area contributed by atoms with Crippen molar-refractivity contribution in [1.29, 1.82) is 0 Å². The Balaban J connectivity index is 1.07. The van der Waals surface area contributed by atoms with Crippen molar-refractivity contribution in [3.05, 3.63) is 221 Å². The van der Waals surface area contributed by atoms with Crippen molar-refractivity contribution < 1.29 is 1.37 Å². The smallest absolute Gasteiger partial charge is 0.0726 e. The molecule has 1 spiro atoms. The Hall–Kier alpha value is -6.44. The summed E-state index contributed by atoms with van der Waals surface area (Å²) < 4.78 is 8.91. The predicted octanol–water partition coefficient (Wildman–Crippen LogP) is 14.7. The van der Waals surface area contributed by atoms with Crippen LogP contribution in [0.1, 0.15) is 79.3 Å². The summed E-state index contributed by atoms with van der Waals surface area (Å²) in [7, 11) is 0. The van der Waals surface area contributed by atoms with Crippen molar-refractivity contribution >= 4 is 17.1 Å². The van der Waals surface area contributed by atoms with E-state index in [9.17, 15) is 0 Å². The van der Waals surface area contributed by atoms with E-state index in [1.807, 2.05) is 0 Å². The first kappa shape index (κ1) is 31.7. The lowest BCUT2D eigenvalue weighted by molar-refractivity contribution is 0.420. The van der Waals surface area contributed by atoms with E-state index in [0.29, 0.717) is 0 Å². The van der Waals surface area contributed by atoms with Crippen LogP contribution >= 0.6 is 0 Å². The molecule has 0 aliphatic heterocycles. The van der Waals surface area contributed by atoms with Crippen LogP contribution in [0.5, 0.6) is 0 Å². The molecule has 1 nitrogen and oxygen atoms in total. The van der Waals surface area contributed by atoms with Crippen LogP contribution in [0.2, 0.25) is 0 Å². The fourth-order valence-electron chi connectivity index (χ4n) is 10.9. The van der Waals surface area contributed by atoms with Gasteiger partial charge in [-0.05, 0) is 139 Å². The molecular weight excluding hydrogens is 687 g/mol. The first-order valence-electron chi connectivity index (χ1n) is 21.1. The van der Waals surface area contributed by atoms with E-state index in [2.05, 4.69) is 201 Å². The molecule has 0 heterocycles. The Morgan fingerprint density at radius 2 is 0.895 bits per heavy atom. The average molecular weight is 731 g/mol. The molecule has 272 valence electrons. The lowest BCUT2D eigenvalue weighted by Gasteiger charge is -2.32. The van der Waals surface area contributed by atoms with Crippen LogP contribution in [-0.4, -0.2) is 0 Å². The van der Waals surface area contributed by atoms with Gasteiger partial charge < -0.3 is 4.90 Å². The number of hydrogen-bond acceptors (Lipinski definition) is 1. The van der Waals surface area contributed by atoms with Crippen molar-refractivity contribution in [2.75, 3.05) is 4.90 Å². The molecule has 1 saturated carbocycles. The van der Waals surface area contributed by atoms with Crippen LogP contribution in [0.3, 0.4) is 0 Å². The number of fused-ring (bicyclic) bond motifs is 13. The van der Waals surface area contributed by atoms with Crippen molar-refractivity contribution in [2.45, 2.75) is 49.8 Å². The summed E-state index contributed by atoms with van der Waals surface area (Å²) in [5.41, 5.74) is 22.3. The molecule has 8 aromatic carbocycles. The lowest BCUT2D eigenvalue weighted by Crippen LogP contribution is -2.26. The summed E-state index contributed by atoms with van der Waals surface area (Å²) in [5, 5.41) is 0. The minimum Gasteiger partial charge on any atom is -0.310 e. The van der Waals surface area contributed by atoms with Gasteiger partial charge in [0, 0.05) is 23.8 Å². The standard InChI is InChI=1S/C56H43N/c1-55(2)49-21-7-3-17-43(49)47-31-29-41(34-53(47)55)57(40-16-12-15-39(33-40)38-27-25-37(26-28-38)36-13-11-14-36)42-30-32-48-46-20-6-10-24-52(46)56(54(48)35-42)50-22-8-4-18-44(50)45-19-5-9-23-51(45)56/h3-10,12,15-36H,11,13-14H2,1-2H3/i36D. The highest BCUT2D eigenvalue weighted by atomic mass is 15.1. The van der Waals surface area contributed by atoms with Gasteiger partial charge in [-0.25, -0.2) is 0 Å². The molecule has 0 bridgehead atoms. The molecule has 8 aromatic rings. The van der Waals surface area contributed by atoms with Gasteiger partial charge in [-0.15, -0.1) is 0 Å². The number of rotatable bonds is 5. The molecule has 0 saturated heterocycles. The van der Waals surface area contributed by atoms with Gasteiger partial charge in [0.2, 0.25) is 0 Å². The van der Waals surface area contributed by atoms with Gasteiger partial charge in [-0.1, -0.05) is 166 Å². The van der Waals surface area contributed by atoms with E-state index < -0.39 is 11.3 Å². The largest absolute Gasteiger partial charge is 0.310 e. The van der Waals surface area contributed by atoms with Gasteiger partial charge in [0.05, 0.1) is 5.41 Å². The molecule has 0 N–H and O–H groups in total. The molecule has 0 radical (unpaired) electrons. The van der Waals surface area contributed by atoms with E-state index in [1.165, 1.54) is 77.9 Å². The maximum atomic E-state index is 8.91. The SMILES string of the molecule is [2H]C1(c2ccc(-c3cccc(N(c4ccc5c(c4)C(C)(C)c4ccccc4-5)c4ccc5c(c4)C4(c6ccccc6-c6ccccc64)c4ccccc4-5)c3)cc2)CCC1. The Morgan fingerprint density at radius 3 is 1.46 bits per heavy atom. The molecule has 4 aliphatic carbocycles. The highest BCUT2D eigenvalue weighted by Gasteiger charge is 2.51. The maximum absolute atomic E-state index is 8.91. The summed E-state index contributed by atoms with van der Waals surface area (Å²) in [5.74, 6) is -0.427. The van der Waals surface area contributed by atoms with E-state index in [4.69, 9.17) is 1.37 Å². The number of anilines is 3. The number of benzene rings is 8. The van der Waals surface area contributed by atoms with Gasteiger partial charge in [0.15, 0.2) is 0 Å². The van der Waals surface area contributed by atoms with Crippen LogP contribution in [0.4, 0.5) is 17.1 Å². The normalized spacial score (nSPS) is 16.7. The van der Waals surface area contributed by atoms with Crippen LogP contribution < -0.4 is 4.90 Å². The second kappa shape index (κ2) is 12.0. The van der Waals surface area contributed by atoms with E-state index in [1.54, 1.807) is 0 Å². The number of hydrogen-bond donors (Lipinski definition) is 0. The third kappa shape index (κ3) is 4.52. The Morgan fingerprint density at radius 1 is 0.421 bits per heavy atom. The predicted molar refractivity (Wildman–Crippen MR) is 237 cm³/mol. The fourth-order valence-corrected chi connectivity index (χ4v) is 10.9. The van der Waals surface area contributed by atoms with Gasteiger partial charge in [0.1, 0.15) is 0 Å². The minimum atomic E-state index is -0.429. The summed E-state index contributed by atoms with van der Waals surface area (Å²) in [6.45, 7) is 4.73. The summed E-state index contributed by atoms with van der Waals surface area (Å²) in [4.78, 5) is 2.48.